The Labute approximate surface area is 74.4 Å². The summed E-state index contributed by atoms with van der Waals surface area (Å²) >= 11 is 0. The smallest absolute Gasteiger partial charge is 0.196 e. The van der Waals surface area contributed by atoms with E-state index in [4.69, 9.17) is 9.52 Å². The van der Waals surface area contributed by atoms with Crippen molar-refractivity contribution in [3.63, 3.8) is 0 Å². The molecule has 0 aliphatic carbocycles. The van der Waals surface area contributed by atoms with Crippen LogP contribution in [0.2, 0.25) is 0 Å². The summed E-state index contributed by atoms with van der Waals surface area (Å²) in [5.41, 5.74) is 1.39. The van der Waals surface area contributed by atoms with Gasteiger partial charge in [0.1, 0.15) is 5.52 Å². The van der Waals surface area contributed by atoms with E-state index >= 15 is 0 Å². The third-order valence-corrected chi connectivity index (χ3v) is 1.89. The van der Waals surface area contributed by atoms with E-state index in [9.17, 15) is 5.11 Å². The molecule has 2 rings (SSSR count). The van der Waals surface area contributed by atoms with E-state index in [1.165, 1.54) is 0 Å². The molecule has 0 atom stereocenters. The number of aryl methyl sites for hydroxylation is 1. The number of oxazole rings is 1. The highest BCUT2D eigenvalue weighted by Gasteiger charge is 2.10. The number of aliphatic hydroxyl groups excluding tert-OH is 1. The van der Waals surface area contributed by atoms with Crippen LogP contribution < -0.4 is 0 Å². The highest BCUT2D eigenvalue weighted by Crippen LogP contribution is 2.28. The molecule has 0 unspecified atom stereocenters. The Morgan fingerprint density at radius 2 is 2.23 bits per heavy atom. The van der Waals surface area contributed by atoms with E-state index in [1.54, 1.807) is 19.1 Å². The molecule has 4 heteroatoms. The summed E-state index contributed by atoms with van der Waals surface area (Å²) < 4.78 is 5.17. The van der Waals surface area contributed by atoms with Gasteiger partial charge in [-0.05, 0) is 6.07 Å². The lowest BCUT2D eigenvalue weighted by Crippen LogP contribution is -1.83. The van der Waals surface area contributed by atoms with Crippen LogP contribution in [0, 0.1) is 6.92 Å². The molecule has 0 amide bonds. The van der Waals surface area contributed by atoms with Crippen LogP contribution in [0.1, 0.15) is 11.5 Å². The van der Waals surface area contributed by atoms with Crippen molar-refractivity contribution in [2.75, 3.05) is 0 Å². The average Bonchev–Trinajstić information content (AvgIpc) is 2.47. The highest BCUT2D eigenvalue weighted by atomic mass is 16.4. The minimum absolute atomic E-state index is 0.0272. The number of aliphatic hydroxyl groups is 1. The average molecular weight is 179 g/mol. The Bertz CT molecular complexity index is 447. The third-order valence-electron chi connectivity index (χ3n) is 1.89. The van der Waals surface area contributed by atoms with Gasteiger partial charge in [-0.1, -0.05) is 6.07 Å². The van der Waals surface area contributed by atoms with Crippen molar-refractivity contribution in [3.05, 3.63) is 23.6 Å². The number of hydrogen-bond acceptors (Lipinski definition) is 4. The maximum absolute atomic E-state index is 9.57. The molecule has 0 saturated heterocycles. The lowest BCUT2D eigenvalue weighted by molar-refractivity contribution is 0.275. The summed E-state index contributed by atoms with van der Waals surface area (Å²) in [7, 11) is 0. The number of nitrogens with zero attached hydrogens (tertiary/aromatic N) is 1. The largest absolute Gasteiger partial charge is 0.504 e. The van der Waals surface area contributed by atoms with Gasteiger partial charge in [0.05, 0.1) is 6.61 Å². The summed E-state index contributed by atoms with van der Waals surface area (Å²) in [6.07, 6.45) is 0. The van der Waals surface area contributed by atoms with E-state index < -0.39 is 0 Å². The summed E-state index contributed by atoms with van der Waals surface area (Å²) in [6, 6.07) is 3.33. The second-order valence-electron chi connectivity index (χ2n) is 2.81. The van der Waals surface area contributed by atoms with Crippen LogP contribution in [0.5, 0.6) is 5.75 Å². The molecule has 0 aliphatic heterocycles. The normalized spacial score (nSPS) is 10.9. The third kappa shape index (κ3) is 1.15. The lowest BCUT2D eigenvalue weighted by atomic mass is 10.2. The molecular formula is C9H9NO3. The number of rotatable bonds is 1. The Morgan fingerprint density at radius 3 is 2.92 bits per heavy atom. The summed E-state index contributed by atoms with van der Waals surface area (Å²) in [4.78, 5) is 4.04. The fraction of sp³-hybridized carbons (Fsp3) is 0.222. The maximum atomic E-state index is 9.57. The molecule has 1 aromatic heterocycles. The number of phenols is 1. The van der Waals surface area contributed by atoms with Crippen molar-refractivity contribution in [2.45, 2.75) is 13.5 Å². The Balaban J connectivity index is 2.78. The molecule has 2 aromatic rings. The van der Waals surface area contributed by atoms with Gasteiger partial charge in [-0.3, -0.25) is 0 Å². The fourth-order valence-corrected chi connectivity index (χ4v) is 1.26. The van der Waals surface area contributed by atoms with Crippen LogP contribution in [-0.4, -0.2) is 15.2 Å². The Kier molecular flexibility index (Phi) is 1.70. The van der Waals surface area contributed by atoms with Gasteiger partial charge in [0, 0.05) is 12.5 Å². The molecule has 1 heterocycles. The van der Waals surface area contributed by atoms with Crippen molar-refractivity contribution >= 4 is 11.1 Å². The number of fused-ring (bicyclic) bond motifs is 1. The van der Waals surface area contributed by atoms with Gasteiger partial charge in [0.15, 0.2) is 17.2 Å². The Morgan fingerprint density at radius 1 is 1.46 bits per heavy atom. The molecule has 4 nitrogen and oxygen atoms in total. The molecule has 0 fully saturated rings. The molecule has 0 bridgehead atoms. The first-order valence-corrected chi connectivity index (χ1v) is 3.91. The number of aromatic hydroxyl groups is 1. The van der Waals surface area contributed by atoms with E-state index in [-0.39, 0.29) is 12.4 Å². The molecule has 68 valence electrons. The number of aromatic nitrogens is 1. The van der Waals surface area contributed by atoms with E-state index in [2.05, 4.69) is 4.98 Å². The first-order valence-electron chi connectivity index (χ1n) is 3.91. The number of benzene rings is 1. The van der Waals surface area contributed by atoms with Crippen LogP contribution >= 0.6 is 0 Å². The van der Waals surface area contributed by atoms with Crippen molar-refractivity contribution in [3.8, 4) is 5.75 Å². The fourth-order valence-electron chi connectivity index (χ4n) is 1.26. The highest BCUT2D eigenvalue weighted by molar-refractivity contribution is 5.80. The van der Waals surface area contributed by atoms with Gasteiger partial charge >= 0.3 is 0 Å². The van der Waals surface area contributed by atoms with Crippen molar-refractivity contribution in [1.29, 1.82) is 0 Å². The molecule has 0 spiro atoms. The van der Waals surface area contributed by atoms with E-state index in [0.717, 1.165) is 0 Å². The Hall–Kier alpha value is -1.55. The van der Waals surface area contributed by atoms with Gasteiger partial charge in [0.2, 0.25) is 0 Å². The second kappa shape index (κ2) is 2.74. The summed E-state index contributed by atoms with van der Waals surface area (Å²) in [6.45, 7) is 1.50. The van der Waals surface area contributed by atoms with Crippen LogP contribution in [0.25, 0.3) is 11.1 Å². The predicted molar refractivity (Wildman–Crippen MR) is 46.3 cm³/mol. The van der Waals surface area contributed by atoms with Crippen LogP contribution in [0.3, 0.4) is 0 Å². The summed E-state index contributed by atoms with van der Waals surface area (Å²) in [5.74, 6) is 0.473. The second-order valence-corrected chi connectivity index (χ2v) is 2.81. The molecule has 0 aliphatic rings. The summed E-state index contributed by atoms with van der Waals surface area (Å²) in [5, 5.41) is 18.4. The van der Waals surface area contributed by atoms with E-state index in [1.807, 2.05) is 0 Å². The van der Waals surface area contributed by atoms with Crippen LogP contribution in [0.4, 0.5) is 0 Å². The minimum atomic E-state index is -0.207. The first-order chi connectivity index (χ1) is 6.22. The zero-order chi connectivity index (χ0) is 9.42. The van der Waals surface area contributed by atoms with Crippen molar-refractivity contribution < 1.29 is 14.6 Å². The van der Waals surface area contributed by atoms with Gasteiger partial charge in [-0.25, -0.2) is 4.98 Å². The van der Waals surface area contributed by atoms with Gasteiger partial charge < -0.3 is 14.6 Å². The molecule has 13 heavy (non-hydrogen) atoms. The molecule has 1 aromatic carbocycles. The van der Waals surface area contributed by atoms with Crippen LogP contribution in [0.15, 0.2) is 16.5 Å². The molecular weight excluding hydrogens is 170 g/mol. The zero-order valence-electron chi connectivity index (χ0n) is 7.11. The maximum Gasteiger partial charge on any atom is 0.196 e. The topological polar surface area (TPSA) is 66.5 Å². The SMILES string of the molecule is Cc1nc2ccc(CO)c(O)c2o1. The number of hydrogen-bond donors (Lipinski definition) is 2. The van der Waals surface area contributed by atoms with Crippen molar-refractivity contribution in [2.24, 2.45) is 0 Å². The van der Waals surface area contributed by atoms with Gasteiger partial charge in [0.25, 0.3) is 0 Å². The molecule has 0 saturated carbocycles. The lowest BCUT2D eigenvalue weighted by Gasteiger charge is -1.98. The minimum Gasteiger partial charge on any atom is -0.504 e. The zero-order valence-corrected chi connectivity index (χ0v) is 7.11. The van der Waals surface area contributed by atoms with Gasteiger partial charge in [-0.2, -0.15) is 0 Å². The van der Waals surface area contributed by atoms with E-state index in [0.29, 0.717) is 22.6 Å². The predicted octanol–water partition coefficient (Wildman–Crippen LogP) is 1.33. The van der Waals surface area contributed by atoms with Crippen molar-refractivity contribution in [1.82, 2.24) is 4.98 Å². The standard InChI is InChI=1S/C9H9NO3/c1-5-10-7-3-2-6(4-11)8(12)9(7)13-5/h2-3,11-12H,4H2,1H3. The quantitative estimate of drug-likeness (QED) is 0.693. The molecule has 0 radical (unpaired) electrons. The monoisotopic (exact) mass is 179 g/mol. The van der Waals surface area contributed by atoms with Gasteiger partial charge in [-0.15, -0.1) is 0 Å². The molecule has 2 N–H and O–H groups in total. The first kappa shape index (κ1) is 8.07. The van der Waals surface area contributed by atoms with Crippen LogP contribution in [-0.2, 0) is 6.61 Å².